The van der Waals surface area contributed by atoms with E-state index in [-0.39, 0.29) is 17.7 Å². The van der Waals surface area contributed by atoms with Crippen LogP contribution in [0.4, 0.5) is 0 Å². The van der Waals surface area contributed by atoms with Crippen molar-refractivity contribution < 1.29 is 13.2 Å². The maximum Gasteiger partial charge on any atom is 0.239 e. The lowest BCUT2D eigenvalue weighted by atomic mass is 10.1. The van der Waals surface area contributed by atoms with E-state index in [4.69, 9.17) is 0 Å². The fourth-order valence-corrected chi connectivity index (χ4v) is 3.07. The standard InChI is InChI=1S/C7H9NO3S/c9-7-5-6-3-1-2-4-12(10,11)8(6)7/h1,3,6H,2,4-5H2. The van der Waals surface area contributed by atoms with Gasteiger partial charge < -0.3 is 0 Å². The van der Waals surface area contributed by atoms with E-state index in [0.717, 1.165) is 4.31 Å². The van der Waals surface area contributed by atoms with E-state index in [9.17, 15) is 13.2 Å². The first-order chi connectivity index (χ1) is 5.61. The summed E-state index contributed by atoms with van der Waals surface area (Å²) >= 11 is 0. The molecular weight excluding hydrogens is 178 g/mol. The number of sulfonamides is 1. The molecule has 12 heavy (non-hydrogen) atoms. The molecule has 0 aromatic carbocycles. The van der Waals surface area contributed by atoms with E-state index in [0.29, 0.717) is 12.8 Å². The minimum Gasteiger partial charge on any atom is -0.274 e. The van der Waals surface area contributed by atoms with Crippen LogP contribution in [0.5, 0.6) is 0 Å². The number of hydrogen-bond donors (Lipinski definition) is 0. The molecule has 66 valence electrons. The van der Waals surface area contributed by atoms with E-state index in [1.165, 1.54) is 0 Å². The lowest BCUT2D eigenvalue weighted by molar-refractivity contribution is -0.135. The van der Waals surface area contributed by atoms with Gasteiger partial charge in [-0.1, -0.05) is 12.2 Å². The van der Waals surface area contributed by atoms with Crippen molar-refractivity contribution in [2.75, 3.05) is 5.75 Å². The molecule has 1 amide bonds. The quantitative estimate of drug-likeness (QED) is 0.392. The number of fused-ring (bicyclic) bond motifs is 1. The predicted molar refractivity (Wildman–Crippen MR) is 42.8 cm³/mol. The predicted octanol–water partition coefficient (Wildman–Crippen LogP) is -0.123. The van der Waals surface area contributed by atoms with E-state index < -0.39 is 10.0 Å². The molecule has 0 aliphatic carbocycles. The summed E-state index contributed by atoms with van der Waals surface area (Å²) in [6.07, 6.45) is 4.49. The molecule has 1 atom stereocenters. The topological polar surface area (TPSA) is 54.5 Å². The third-order valence-electron chi connectivity index (χ3n) is 2.13. The highest BCUT2D eigenvalue weighted by atomic mass is 32.2. The average molecular weight is 187 g/mol. The largest absolute Gasteiger partial charge is 0.274 e. The normalized spacial score (nSPS) is 32.2. The Morgan fingerprint density at radius 3 is 2.92 bits per heavy atom. The number of allylic oxidation sites excluding steroid dienone is 1. The van der Waals surface area contributed by atoms with Gasteiger partial charge >= 0.3 is 0 Å². The van der Waals surface area contributed by atoms with Gasteiger partial charge in [-0.2, -0.15) is 0 Å². The average Bonchev–Trinajstić information content (AvgIpc) is 2.03. The van der Waals surface area contributed by atoms with Crippen molar-refractivity contribution in [3.05, 3.63) is 12.2 Å². The maximum atomic E-state index is 11.3. The van der Waals surface area contributed by atoms with Gasteiger partial charge in [0.2, 0.25) is 15.9 Å². The van der Waals surface area contributed by atoms with Gasteiger partial charge in [-0.25, -0.2) is 12.7 Å². The summed E-state index contributed by atoms with van der Waals surface area (Å²) in [5, 5.41) is 0. The summed E-state index contributed by atoms with van der Waals surface area (Å²) in [6.45, 7) is 0. The lowest BCUT2D eigenvalue weighted by Crippen LogP contribution is -2.54. The van der Waals surface area contributed by atoms with Crippen molar-refractivity contribution >= 4 is 15.9 Å². The van der Waals surface area contributed by atoms with E-state index in [2.05, 4.69) is 0 Å². The highest BCUT2D eigenvalue weighted by Gasteiger charge is 2.43. The van der Waals surface area contributed by atoms with Crippen LogP contribution in [0.1, 0.15) is 12.8 Å². The number of carbonyl (C=O) groups is 1. The SMILES string of the molecule is O=C1CC2C=CCCS(=O)(=O)N12. The first kappa shape index (κ1) is 7.79. The molecule has 1 unspecified atom stereocenters. The highest BCUT2D eigenvalue weighted by molar-refractivity contribution is 7.89. The first-order valence-electron chi connectivity index (χ1n) is 3.83. The smallest absolute Gasteiger partial charge is 0.239 e. The third kappa shape index (κ3) is 0.964. The second kappa shape index (κ2) is 2.32. The summed E-state index contributed by atoms with van der Waals surface area (Å²) in [5.74, 6) is -0.210. The Balaban J connectivity index is 2.37. The Morgan fingerprint density at radius 2 is 2.25 bits per heavy atom. The Hall–Kier alpha value is -0.840. The van der Waals surface area contributed by atoms with Gasteiger partial charge in [0.05, 0.1) is 18.2 Å². The van der Waals surface area contributed by atoms with Crippen LogP contribution in [0.15, 0.2) is 12.2 Å². The zero-order chi connectivity index (χ0) is 8.77. The summed E-state index contributed by atoms with van der Waals surface area (Å²) in [6, 6.07) is -0.190. The van der Waals surface area contributed by atoms with Crippen molar-refractivity contribution in [3.63, 3.8) is 0 Å². The fraction of sp³-hybridized carbons (Fsp3) is 0.571. The molecule has 5 heteroatoms. The number of β-lactam (4-membered cyclic amide) rings is 1. The second-order valence-electron chi connectivity index (χ2n) is 2.99. The van der Waals surface area contributed by atoms with Crippen LogP contribution in [0.3, 0.4) is 0 Å². The number of amides is 1. The minimum absolute atomic E-state index is 0.0613. The summed E-state index contributed by atoms with van der Waals surface area (Å²) in [4.78, 5) is 10.9. The van der Waals surface area contributed by atoms with Crippen LogP contribution in [0.25, 0.3) is 0 Å². The summed E-state index contributed by atoms with van der Waals surface area (Å²) < 4.78 is 23.7. The highest BCUT2D eigenvalue weighted by Crippen LogP contribution is 2.27. The van der Waals surface area contributed by atoms with Gasteiger partial charge in [-0.3, -0.25) is 4.79 Å². The summed E-state index contributed by atoms with van der Waals surface area (Å²) in [5.41, 5.74) is 0. The molecule has 2 aliphatic heterocycles. The third-order valence-corrected chi connectivity index (χ3v) is 3.96. The maximum absolute atomic E-state index is 11.3. The van der Waals surface area contributed by atoms with Crippen molar-refractivity contribution in [2.24, 2.45) is 0 Å². The molecule has 0 bridgehead atoms. The van der Waals surface area contributed by atoms with Gasteiger partial charge in [-0.15, -0.1) is 0 Å². The van der Waals surface area contributed by atoms with Gasteiger partial charge in [0.15, 0.2) is 0 Å². The molecule has 0 saturated carbocycles. The minimum atomic E-state index is -3.29. The summed E-state index contributed by atoms with van der Waals surface area (Å²) in [7, 11) is -3.29. The molecule has 0 aromatic rings. The molecule has 0 aromatic heterocycles. The number of hydrogen-bond acceptors (Lipinski definition) is 3. The monoisotopic (exact) mass is 187 g/mol. The lowest BCUT2D eigenvalue weighted by Gasteiger charge is -2.36. The van der Waals surface area contributed by atoms with Crippen LogP contribution >= 0.6 is 0 Å². The molecule has 2 heterocycles. The van der Waals surface area contributed by atoms with Crippen LogP contribution in [-0.2, 0) is 14.8 Å². The van der Waals surface area contributed by atoms with E-state index >= 15 is 0 Å². The molecule has 0 N–H and O–H groups in total. The Morgan fingerprint density at radius 1 is 1.50 bits per heavy atom. The number of carbonyl (C=O) groups excluding carboxylic acids is 1. The zero-order valence-corrected chi connectivity index (χ0v) is 7.25. The van der Waals surface area contributed by atoms with Gasteiger partial charge in [0.1, 0.15) is 0 Å². The van der Waals surface area contributed by atoms with Crippen molar-refractivity contribution in [1.82, 2.24) is 4.31 Å². The van der Waals surface area contributed by atoms with E-state index in [1.807, 2.05) is 6.08 Å². The zero-order valence-electron chi connectivity index (χ0n) is 6.43. The van der Waals surface area contributed by atoms with Crippen LogP contribution in [0, 0.1) is 0 Å². The Labute approximate surface area is 70.9 Å². The van der Waals surface area contributed by atoms with Crippen LogP contribution < -0.4 is 0 Å². The van der Waals surface area contributed by atoms with Crippen molar-refractivity contribution in [2.45, 2.75) is 18.9 Å². The van der Waals surface area contributed by atoms with Crippen LogP contribution in [0.2, 0.25) is 0 Å². The Bertz CT molecular complexity index is 344. The Kier molecular flexibility index (Phi) is 1.51. The molecule has 2 aliphatic rings. The second-order valence-corrected chi connectivity index (χ2v) is 4.96. The molecule has 0 spiro atoms. The molecular formula is C7H9NO3S. The molecule has 1 saturated heterocycles. The van der Waals surface area contributed by atoms with Gasteiger partial charge in [0.25, 0.3) is 0 Å². The van der Waals surface area contributed by atoms with E-state index in [1.54, 1.807) is 6.08 Å². The van der Waals surface area contributed by atoms with Gasteiger partial charge in [-0.05, 0) is 6.42 Å². The number of nitrogens with zero attached hydrogens (tertiary/aromatic N) is 1. The van der Waals surface area contributed by atoms with Gasteiger partial charge in [0, 0.05) is 0 Å². The molecule has 2 rings (SSSR count). The van der Waals surface area contributed by atoms with Crippen LogP contribution in [-0.4, -0.2) is 30.4 Å². The molecule has 1 fully saturated rings. The fourth-order valence-electron chi connectivity index (χ4n) is 1.50. The first-order valence-corrected chi connectivity index (χ1v) is 5.44. The van der Waals surface area contributed by atoms with Crippen molar-refractivity contribution in [1.29, 1.82) is 0 Å². The molecule has 4 nitrogen and oxygen atoms in total. The molecule has 0 radical (unpaired) electrons. The van der Waals surface area contributed by atoms with Crippen molar-refractivity contribution in [3.8, 4) is 0 Å². The number of rotatable bonds is 0.